The highest BCUT2D eigenvalue weighted by Crippen LogP contribution is 2.68. The average molecular weight is 522 g/mol. The number of ketones is 1. The van der Waals surface area contributed by atoms with Gasteiger partial charge in [-0.25, -0.2) is 0 Å². The highest BCUT2D eigenvalue weighted by Gasteiger charge is 2.81. The number of para-hydroxylation sites is 2. The maximum absolute atomic E-state index is 14.9. The van der Waals surface area contributed by atoms with E-state index in [0.29, 0.717) is 35.7 Å². The van der Waals surface area contributed by atoms with Crippen LogP contribution in [0.1, 0.15) is 52.4 Å². The molecule has 0 radical (unpaired) electrons. The topological polar surface area (TPSA) is 87.7 Å². The van der Waals surface area contributed by atoms with Gasteiger partial charge in [0.15, 0.2) is 5.78 Å². The van der Waals surface area contributed by atoms with Crippen molar-refractivity contribution in [1.29, 1.82) is 0 Å². The molecule has 39 heavy (non-hydrogen) atoms. The first-order chi connectivity index (χ1) is 18.9. The molecule has 198 valence electrons. The lowest BCUT2D eigenvalue weighted by Gasteiger charge is -2.43. The van der Waals surface area contributed by atoms with E-state index in [4.69, 9.17) is 4.74 Å². The van der Waals surface area contributed by atoms with Gasteiger partial charge in [-0.2, -0.15) is 0 Å². The number of nitrogens with one attached hydrogen (secondary N) is 2. The van der Waals surface area contributed by atoms with E-state index in [1.165, 1.54) is 0 Å². The zero-order chi connectivity index (χ0) is 27.1. The largest absolute Gasteiger partial charge is 0.493 e. The zero-order valence-corrected chi connectivity index (χ0v) is 22.3. The SMILES string of the molecule is CCOc1ccccc1C(=O)[C@@H]1[C@@H]2CCCN2[C@@]2(C(=O)Nc3c(C)cc(C)cc32)[C@@]12C(=O)Nc1ccccc12. The van der Waals surface area contributed by atoms with Gasteiger partial charge in [0.1, 0.15) is 16.7 Å². The highest BCUT2D eigenvalue weighted by molar-refractivity contribution is 6.21. The van der Waals surface area contributed by atoms with E-state index >= 15 is 0 Å². The summed E-state index contributed by atoms with van der Waals surface area (Å²) in [6.07, 6.45) is 1.57. The Morgan fingerprint density at radius 3 is 2.59 bits per heavy atom. The van der Waals surface area contributed by atoms with E-state index in [1.807, 2.05) is 69.3 Å². The Morgan fingerprint density at radius 2 is 1.77 bits per heavy atom. The lowest BCUT2D eigenvalue weighted by Crippen LogP contribution is -2.62. The maximum Gasteiger partial charge on any atom is 0.251 e. The van der Waals surface area contributed by atoms with Crippen molar-refractivity contribution in [3.8, 4) is 5.75 Å². The first kappa shape index (κ1) is 24.1. The van der Waals surface area contributed by atoms with Crippen LogP contribution >= 0.6 is 0 Å². The molecule has 0 unspecified atom stereocenters. The Bertz CT molecular complexity index is 1580. The number of carbonyl (C=O) groups excluding carboxylic acids is 3. The summed E-state index contributed by atoms with van der Waals surface area (Å²) in [5, 5.41) is 6.27. The number of rotatable bonds is 4. The summed E-state index contributed by atoms with van der Waals surface area (Å²) in [5.74, 6) is -0.987. The van der Waals surface area contributed by atoms with Crippen molar-refractivity contribution in [2.24, 2.45) is 5.92 Å². The summed E-state index contributed by atoms with van der Waals surface area (Å²) in [6, 6.07) is 18.6. The summed E-state index contributed by atoms with van der Waals surface area (Å²) < 4.78 is 5.89. The molecule has 0 aliphatic carbocycles. The van der Waals surface area contributed by atoms with Crippen molar-refractivity contribution in [3.63, 3.8) is 0 Å². The Hall–Kier alpha value is -3.97. The minimum absolute atomic E-state index is 0.162. The van der Waals surface area contributed by atoms with Crippen LogP contribution in [-0.2, 0) is 20.5 Å². The molecular weight excluding hydrogens is 490 g/mol. The molecule has 4 aliphatic rings. The summed E-state index contributed by atoms with van der Waals surface area (Å²) in [4.78, 5) is 46.3. The van der Waals surface area contributed by atoms with Gasteiger partial charge in [-0.3, -0.25) is 19.3 Å². The molecule has 0 saturated carbocycles. The van der Waals surface area contributed by atoms with Crippen molar-refractivity contribution in [2.75, 3.05) is 23.8 Å². The van der Waals surface area contributed by atoms with Gasteiger partial charge in [-0.1, -0.05) is 48.0 Å². The lowest BCUT2D eigenvalue weighted by atomic mass is 9.57. The van der Waals surface area contributed by atoms with Crippen LogP contribution in [-0.4, -0.2) is 41.7 Å². The van der Waals surface area contributed by atoms with Gasteiger partial charge in [-0.05, 0) is 69.5 Å². The third kappa shape index (κ3) is 2.78. The van der Waals surface area contributed by atoms with Crippen LogP contribution in [0.4, 0.5) is 11.4 Å². The molecule has 4 atom stereocenters. The smallest absolute Gasteiger partial charge is 0.251 e. The van der Waals surface area contributed by atoms with E-state index in [1.54, 1.807) is 12.1 Å². The average Bonchev–Trinajstić information content (AvgIpc) is 3.64. The number of nitrogens with zero attached hydrogens (tertiary/aromatic N) is 1. The third-order valence-corrected chi connectivity index (χ3v) is 9.28. The number of carbonyl (C=O) groups is 3. The van der Waals surface area contributed by atoms with E-state index in [9.17, 15) is 14.4 Å². The molecule has 0 bridgehead atoms. The number of anilines is 2. The minimum Gasteiger partial charge on any atom is -0.493 e. The molecule has 7 heteroatoms. The van der Waals surface area contributed by atoms with Crippen molar-refractivity contribution in [2.45, 2.75) is 50.6 Å². The number of hydrogen-bond acceptors (Lipinski definition) is 5. The Balaban J connectivity index is 1.59. The number of fused-ring (bicyclic) bond motifs is 7. The summed E-state index contributed by atoms with van der Waals surface area (Å²) in [5.41, 5.74) is 2.49. The fraction of sp³-hybridized carbons (Fsp3) is 0.344. The summed E-state index contributed by atoms with van der Waals surface area (Å²) >= 11 is 0. The number of hydrogen-bond donors (Lipinski definition) is 2. The summed E-state index contributed by atoms with van der Waals surface area (Å²) in [7, 11) is 0. The molecule has 4 aliphatic heterocycles. The molecule has 3 aromatic rings. The van der Waals surface area contributed by atoms with Crippen molar-refractivity contribution in [1.82, 2.24) is 4.90 Å². The summed E-state index contributed by atoms with van der Waals surface area (Å²) in [6.45, 7) is 6.92. The fourth-order valence-corrected chi connectivity index (χ4v) is 8.16. The van der Waals surface area contributed by atoms with E-state index in [2.05, 4.69) is 15.5 Å². The second-order valence-corrected chi connectivity index (χ2v) is 11.2. The molecule has 0 aromatic heterocycles. The van der Waals surface area contributed by atoms with Crippen LogP contribution in [0.3, 0.4) is 0 Å². The van der Waals surface area contributed by atoms with Crippen LogP contribution < -0.4 is 15.4 Å². The molecule has 2 saturated heterocycles. The first-order valence-electron chi connectivity index (χ1n) is 13.7. The first-order valence-corrected chi connectivity index (χ1v) is 13.7. The predicted molar refractivity (Wildman–Crippen MR) is 148 cm³/mol. The predicted octanol–water partition coefficient (Wildman–Crippen LogP) is 4.72. The van der Waals surface area contributed by atoms with Crippen LogP contribution in [0.25, 0.3) is 0 Å². The Kier molecular flexibility index (Phi) is 5.11. The Morgan fingerprint density at radius 1 is 1.00 bits per heavy atom. The van der Waals surface area contributed by atoms with Gasteiger partial charge in [0.2, 0.25) is 5.91 Å². The number of Topliss-reactive ketones (excluding diaryl/α,β-unsaturated/α-hetero) is 1. The standard InChI is InChI=1S/C32H31N3O4/c1-4-39-25-14-8-5-10-20(25)28(36)26-24-13-9-15-35(24)32(22-17-18(2)16-19(3)27(22)34-30(32)38)31(26)21-11-6-7-12-23(21)33-29(31)37/h5-8,10-12,14,16-17,24,26H,4,9,13,15H2,1-3H3,(H,33,37)(H,34,38)/t24-,26-,31+,32-/m0/s1. The molecule has 2 spiro atoms. The highest BCUT2D eigenvalue weighted by atomic mass is 16.5. The zero-order valence-electron chi connectivity index (χ0n) is 22.3. The Labute approximate surface area is 227 Å². The van der Waals surface area contributed by atoms with Gasteiger partial charge >= 0.3 is 0 Å². The third-order valence-electron chi connectivity index (χ3n) is 9.28. The maximum atomic E-state index is 14.9. The van der Waals surface area contributed by atoms with Gasteiger partial charge in [0.25, 0.3) is 5.91 Å². The quantitative estimate of drug-likeness (QED) is 0.486. The van der Waals surface area contributed by atoms with Gasteiger partial charge in [0.05, 0.1) is 18.1 Å². The molecule has 2 N–H and O–H groups in total. The van der Waals surface area contributed by atoms with E-state index in [-0.39, 0.29) is 23.6 Å². The van der Waals surface area contributed by atoms with Crippen LogP contribution in [0.2, 0.25) is 0 Å². The lowest BCUT2D eigenvalue weighted by molar-refractivity contribution is -0.137. The van der Waals surface area contributed by atoms with Crippen LogP contribution in [0.5, 0.6) is 5.75 Å². The van der Waals surface area contributed by atoms with E-state index in [0.717, 1.165) is 35.2 Å². The van der Waals surface area contributed by atoms with Crippen molar-refractivity contribution in [3.05, 3.63) is 88.5 Å². The molecule has 7 nitrogen and oxygen atoms in total. The molecule has 4 heterocycles. The minimum atomic E-state index is -1.46. The fourth-order valence-electron chi connectivity index (χ4n) is 8.16. The normalized spacial score (nSPS) is 28.4. The number of amides is 2. The molecule has 3 aromatic carbocycles. The van der Waals surface area contributed by atoms with Crippen molar-refractivity contribution >= 4 is 29.0 Å². The monoisotopic (exact) mass is 521 g/mol. The molecule has 7 rings (SSSR count). The number of aryl methyl sites for hydroxylation is 2. The van der Waals surface area contributed by atoms with Gasteiger partial charge < -0.3 is 15.4 Å². The van der Waals surface area contributed by atoms with E-state index < -0.39 is 16.9 Å². The number of ether oxygens (including phenoxy) is 1. The van der Waals surface area contributed by atoms with Gasteiger partial charge in [-0.15, -0.1) is 0 Å². The van der Waals surface area contributed by atoms with Gasteiger partial charge in [0, 0.05) is 23.0 Å². The molecule has 2 fully saturated rings. The molecule has 2 amide bonds. The molecular formula is C32H31N3O4. The second-order valence-electron chi connectivity index (χ2n) is 11.2. The van der Waals surface area contributed by atoms with Crippen LogP contribution in [0.15, 0.2) is 60.7 Å². The second kappa shape index (κ2) is 8.26. The number of benzene rings is 3. The van der Waals surface area contributed by atoms with Crippen LogP contribution in [0, 0.1) is 19.8 Å². The van der Waals surface area contributed by atoms with Crippen molar-refractivity contribution < 1.29 is 19.1 Å².